The summed E-state index contributed by atoms with van der Waals surface area (Å²) in [6.07, 6.45) is 1.42. The molecule has 94 valence electrons. The number of anilines is 1. The van der Waals surface area contributed by atoms with Crippen LogP contribution in [0.4, 0.5) is 5.69 Å². The van der Waals surface area contributed by atoms with Crippen molar-refractivity contribution in [3.05, 3.63) is 28.2 Å². The largest absolute Gasteiger partial charge is 0.375 e. The Morgan fingerprint density at radius 3 is 3.00 bits per heavy atom. The third-order valence-electron chi connectivity index (χ3n) is 3.18. The molecule has 0 amide bonds. The SMILES string of the molecule is CCC1CN(c2ccc(CN)cc2Br)CCO1. The summed E-state index contributed by atoms with van der Waals surface area (Å²) < 4.78 is 6.81. The quantitative estimate of drug-likeness (QED) is 0.932. The first kappa shape index (κ1) is 12.9. The Morgan fingerprint density at radius 1 is 1.53 bits per heavy atom. The Bertz CT molecular complexity index is 384. The summed E-state index contributed by atoms with van der Waals surface area (Å²) in [5.41, 5.74) is 8.03. The minimum atomic E-state index is 0.352. The predicted octanol–water partition coefficient (Wildman–Crippen LogP) is 2.52. The molecule has 1 aliphatic rings. The minimum absolute atomic E-state index is 0.352. The van der Waals surface area contributed by atoms with Gasteiger partial charge in [-0.3, -0.25) is 0 Å². The average molecular weight is 299 g/mol. The fourth-order valence-electron chi connectivity index (χ4n) is 2.12. The van der Waals surface area contributed by atoms with E-state index in [2.05, 4.69) is 46.0 Å². The van der Waals surface area contributed by atoms with Crippen LogP contribution in [0.15, 0.2) is 22.7 Å². The zero-order valence-corrected chi connectivity index (χ0v) is 11.7. The lowest BCUT2D eigenvalue weighted by Crippen LogP contribution is -2.42. The fourth-order valence-corrected chi connectivity index (χ4v) is 2.80. The highest BCUT2D eigenvalue weighted by atomic mass is 79.9. The molecule has 2 rings (SSSR count). The second-order valence-electron chi connectivity index (χ2n) is 4.34. The fraction of sp³-hybridized carbons (Fsp3) is 0.538. The molecular weight excluding hydrogens is 280 g/mol. The van der Waals surface area contributed by atoms with Crippen LogP contribution in [0.5, 0.6) is 0 Å². The molecule has 1 heterocycles. The van der Waals surface area contributed by atoms with Crippen molar-refractivity contribution in [3.8, 4) is 0 Å². The maximum atomic E-state index is 5.69. The van der Waals surface area contributed by atoms with E-state index in [1.807, 2.05) is 0 Å². The zero-order chi connectivity index (χ0) is 12.3. The first-order valence-electron chi connectivity index (χ1n) is 6.09. The monoisotopic (exact) mass is 298 g/mol. The molecule has 1 unspecified atom stereocenters. The van der Waals surface area contributed by atoms with Crippen LogP contribution in [0.1, 0.15) is 18.9 Å². The molecule has 0 aliphatic carbocycles. The van der Waals surface area contributed by atoms with Crippen molar-refractivity contribution >= 4 is 21.6 Å². The predicted molar refractivity (Wildman–Crippen MR) is 74.3 cm³/mol. The number of ether oxygens (including phenoxy) is 1. The molecule has 1 aromatic rings. The zero-order valence-electron chi connectivity index (χ0n) is 10.2. The lowest BCUT2D eigenvalue weighted by molar-refractivity contribution is 0.0384. The Kier molecular flexibility index (Phi) is 4.42. The molecule has 1 aliphatic heterocycles. The van der Waals surface area contributed by atoms with Crippen molar-refractivity contribution in [1.29, 1.82) is 0 Å². The molecule has 4 heteroatoms. The van der Waals surface area contributed by atoms with Gasteiger partial charge in [0.05, 0.1) is 18.4 Å². The molecule has 1 saturated heterocycles. The molecular formula is C13H19BrN2O. The molecule has 2 N–H and O–H groups in total. The van der Waals surface area contributed by atoms with Gasteiger partial charge in [0.1, 0.15) is 0 Å². The summed E-state index contributed by atoms with van der Waals surface area (Å²) in [5, 5.41) is 0. The number of morpholine rings is 1. The number of hydrogen-bond donors (Lipinski definition) is 1. The molecule has 1 fully saturated rings. The van der Waals surface area contributed by atoms with E-state index in [4.69, 9.17) is 10.5 Å². The normalized spacial score (nSPS) is 20.6. The van der Waals surface area contributed by atoms with Gasteiger partial charge in [0.15, 0.2) is 0 Å². The van der Waals surface area contributed by atoms with E-state index in [1.165, 1.54) is 5.69 Å². The lowest BCUT2D eigenvalue weighted by atomic mass is 10.1. The van der Waals surface area contributed by atoms with Gasteiger partial charge < -0.3 is 15.4 Å². The summed E-state index contributed by atoms with van der Waals surface area (Å²) in [5.74, 6) is 0. The first-order valence-corrected chi connectivity index (χ1v) is 6.89. The Balaban J connectivity index is 2.16. The summed E-state index contributed by atoms with van der Waals surface area (Å²) in [6.45, 7) is 5.48. The van der Waals surface area contributed by atoms with Crippen LogP contribution in [0.25, 0.3) is 0 Å². The minimum Gasteiger partial charge on any atom is -0.375 e. The Hall–Kier alpha value is -0.580. The van der Waals surface area contributed by atoms with Gasteiger partial charge in [-0.1, -0.05) is 13.0 Å². The van der Waals surface area contributed by atoms with E-state index in [1.54, 1.807) is 0 Å². The summed E-state index contributed by atoms with van der Waals surface area (Å²) in [6, 6.07) is 6.34. The summed E-state index contributed by atoms with van der Waals surface area (Å²) in [7, 11) is 0. The van der Waals surface area contributed by atoms with E-state index in [0.717, 1.165) is 36.2 Å². The van der Waals surface area contributed by atoms with Crippen molar-refractivity contribution in [3.63, 3.8) is 0 Å². The number of halogens is 1. The second kappa shape index (κ2) is 5.85. The van der Waals surface area contributed by atoms with Gasteiger partial charge in [0.2, 0.25) is 0 Å². The van der Waals surface area contributed by atoms with E-state index in [0.29, 0.717) is 12.6 Å². The van der Waals surface area contributed by atoms with Gasteiger partial charge >= 0.3 is 0 Å². The van der Waals surface area contributed by atoms with Gasteiger partial charge in [-0.15, -0.1) is 0 Å². The van der Waals surface area contributed by atoms with Crippen molar-refractivity contribution in [1.82, 2.24) is 0 Å². The lowest BCUT2D eigenvalue weighted by Gasteiger charge is -2.34. The number of hydrogen-bond acceptors (Lipinski definition) is 3. The molecule has 0 bridgehead atoms. The van der Waals surface area contributed by atoms with Gasteiger partial charge in [-0.05, 0) is 40.0 Å². The van der Waals surface area contributed by atoms with Gasteiger partial charge in [-0.2, -0.15) is 0 Å². The van der Waals surface area contributed by atoms with Crippen LogP contribution in [0, 0.1) is 0 Å². The van der Waals surface area contributed by atoms with Gasteiger partial charge in [0.25, 0.3) is 0 Å². The average Bonchev–Trinajstić information content (AvgIpc) is 2.38. The molecule has 0 saturated carbocycles. The Morgan fingerprint density at radius 2 is 2.35 bits per heavy atom. The van der Waals surface area contributed by atoms with Gasteiger partial charge in [0, 0.05) is 24.1 Å². The molecule has 3 nitrogen and oxygen atoms in total. The van der Waals surface area contributed by atoms with Gasteiger partial charge in [-0.25, -0.2) is 0 Å². The third kappa shape index (κ3) is 3.00. The molecule has 0 radical (unpaired) electrons. The molecule has 0 spiro atoms. The van der Waals surface area contributed by atoms with Crippen LogP contribution < -0.4 is 10.6 Å². The van der Waals surface area contributed by atoms with E-state index < -0.39 is 0 Å². The summed E-state index contributed by atoms with van der Waals surface area (Å²) in [4.78, 5) is 2.38. The maximum Gasteiger partial charge on any atom is 0.0748 e. The summed E-state index contributed by atoms with van der Waals surface area (Å²) >= 11 is 3.63. The molecule has 1 atom stereocenters. The maximum absolute atomic E-state index is 5.69. The molecule has 1 aromatic carbocycles. The molecule has 0 aromatic heterocycles. The number of rotatable bonds is 3. The van der Waals surface area contributed by atoms with E-state index in [-0.39, 0.29) is 0 Å². The van der Waals surface area contributed by atoms with Crippen LogP contribution >= 0.6 is 15.9 Å². The Labute approximate surface area is 111 Å². The standard InChI is InChI=1S/C13H19BrN2O/c1-2-11-9-16(5-6-17-11)13-4-3-10(8-15)7-12(13)14/h3-4,7,11H,2,5-6,8-9,15H2,1H3. The van der Waals surface area contributed by atoms with Crippen LogP contribution in [0.3, 0.4) is 0 Å². The van der Waals surface area contributed by atoms with Crippen LogP contribution in [-0.4, -0.2) is 25.8 Å². The van der Waals surface area contributed by atoms with E-state index >= 15 is 0 Å². The third-order valence-corrected chi connectivity index (χ3v) is 3.82. The van der Waals surface area contributed by atoms with E-state index in [9.17, 15) is 0 Å². The van der Waals surface area contributed by atoms with Crippen molar-refractivity contribution in [2.24, 2.45) is 5.73 Å². The highest BCUT2D eigenvalue weighted by molar-refractivity contribution is 9.10. The highest BCUT2D eigenvalue weighted by Crippen LogP contribution is 2.29. The van der Waals surface area contributed by atoms with Crippen molar-refractivity contribution in [2.45, 2.75) is 26.0 Å². The smallest absolute Gasteiger partial charge is 0.0748 e. The molecule has 17 heavy (non-hydrogen) atoms. The number of benzene rings is 1. The van der Waals surface area contributed by atoms with Crippen LogP contribution in [0.2, 0.25) is 0 Å². The first-order chi connectivity index (χ1) is 8.24. The topological polar surface area (TPSA) is 38.5 Å². The number of nitrogens with zero attached hydrogens (tertiary/aromatic N) is 1. The van der Waals surface area contributed by atoms with Crippen LogP contribution in [-0.2, 0) is 11.3 Å². The highest BCUT2D eigenvalue weighted by Gasteiger charge is 2.20. The van der Waals surface area contributed by atoms with Crippen molar-refractivity contribution < 1.29 is 4.74 Å². The van der Waals surface area contributed by atoms with Crippen molar-refractivity contribution in [2.75, 3.05) is 24.6 Å². The number of nitrogens with two attached hydrogens (primary N) is 1. The second-order valence-corrected chi connectivity index (χ2v) is 5.19.